The molecule has 0 aromatic heterocycles. The third kappa shape index (κ3) is 5.26. The number of nitrogens with zero attached hydrogens (tertiary/aromatic N) is 1. The molecular formula is C15H21F3N2O3. The zero-order valence-corrected chi connectivity index (χ0v) is 12.6. The van der Waals surface area contributed by atoms with Gasteiger partial charge in [-0.2, -0.15) is 0 Å². The molecule has 1 heterocycles. The molecule has 8 heteroatoms. The Hall–Kier alpha value is -1.51. The van der Waals surface area contributed by atoms with E-state index in [2.05, 4.69) is 15.0 Å². The lowest BCUT2D eigenvalue weighted by Gasteiger charge is -2.35. The Morgan fingerprint density at radius 2 is 1.96 bits per heavy atom. The number of ether oxygens (including phenoxy) is 1. The Kier molecular flexibility index (Phi) is 6.09. The third-order valence-electron chi connectivity index (χ3n) is 3.82. The minimum absolute atomic E-state index is 0.0118. The van der Waals surface area contributed by atoms with Gasteiger partial charge in [-0.05, 0) is 31.0 Å². The number of phenolic OH excluding ortho intramolecular Hbond substituents is 1. The molecule has 0 saturated carbocycles. The first kappa shape index (κ1) is 17.8. The van der Waals surface area contributed by atoms with E-state index in [9.17, 15) is 18.3 Å². The van der Waals surface area contributed by atoms with Crippen LogP contribution in [0.25, 0.3) is 0 Å². The molecule has 0 spiro atoms. The summed E-state index contributed by atoms with van der Waals surface area (Å²) in [5.74, 6) is -0.421. The van der Waals surface area contributed by atoms with Crippen LogP contribution in [0.1, 0.15) is 24.4 Å². The van der Waals surface area contributed by atoms with Crippen LogP contribution < -0.4 is 10.1 Å². The number of halogens is 3. The first-order valence-corrected chi connectivity index (χ1v) is 7.55. The second-order valence-corrected chi connectivity index (χ2v) is 5.44. The Bertz CT molecular complexity index is 505. The van der Waals surface area contributed by atoms with Crippen LogP contribution in [0.5, 0.6) is 11.5 Å². The minimum Gasteiger partial charge on any atom is -0.508 e. The quantitative estimate of drug-likeness (QED) is 0.743. The minimum atomic E-state index is -4.77. The first-order chi connectivity index (χ1) is 10.9. The van der Waals surface area contributed by atoms with Crippen LogP contribution in [0.15, 0.2) is 18.2 Å². The summed E-state index contributed by atoms with van der Waals surface area (Å²) in [7, 11) is 0. The lowest BCUT2D eigenvalue weighted by atomic mass is 9.98. The lowest BCUT2D eigenvalue weighted by Crippen LogP contribution is -2.45. The molecule has 0 unspecified atom stereocenters. The Morgan fingerprint density at radius 1 is 1.26 bits per heavy atom. The molecule has 1 aromatic rings. The zero-order chi connectivity index (χ0) is 16.9. The van der Waals surface area contributed by atoms with E-state index in [4.69, 9.17) is 5.11 Å². The SMILES string of the molecule is OCCC[C@H](c1cc(OC(F)(F)F)ccc1O)N1CCNCC1. The van der Waals surface area contributed by atoms with Gasteiger partial charge in [-0.3, -0.25) is 4.90 Å². The normalized spacial score (nSPS) is 17.9. The van der Waals surface area contributed by atoms with E-state index < -0.39 is 6.36 Å². The summed E-state index contributed by atoms with van der Waals surface area (Å²) in [6.07, 6.45) is -3.73. The van der Waals surface area contributed by atoms with E-state index in [0.717, 1.165) is 32.2 Å². The summed E-state index contributed by atoms with van der Waals surface area (Å²) < 4.78 is 41.1. The number of hydrogen-bond acceptors (Lipinski definition) is 5. The summed E-state index contributed by atoms with van der Waals surface area (Å²) >= 11 is 0. The summed E-state index contributed by atoms with van der Waals surface area (Å²) in [6.45, 7) is 2.98. The van der Waals surface area contributed by atoms with E-state index in [0.29, 0.717) is 18.4 Å². The van der Waals surface area contributed by atoms with Gasteiger partial charge in [-0.1, -0.05) is 0 Å². The summed E-state index contributed by atoms with van der Waals surface area (Å²) in [6, 6.07) is 3.27. The van der Waals surface area contributed by atoms with Gasteiger partial charge >= 0.3 is 6.36 Å². The molecule has 5 nitrogen and oxygen atoms in total. The van der Waals surface area contributed by atoms with Crippen molar-refractivity contribution in [2.75, 3.05) is 32.8 Å². The largest absolute Gasteiger partial charge is 0.573 e. The summed E-state index contributed by atoms with van der Waals surface area (Å²) in [4.78, 5) is 2.10. The van der Waals surface area contributed by atoms with Gasteiger partial charge in [0.1, 0.15) is 11.5 Å². The highest BCUT2D eigenvalue weighted by Gasteiger charge is 2.32. The number of benzene rings is 1. The van der Waals surface area contributed by atoms with Gasteiger partial charge in [0, 0.05) is 44.4 Å². The number of rotatable bonds is 6. The van der Waals surface area contributed by atoms with Crippen molar-refractivity contribution in [2.45, 2.75) is 25.2 Å². The molecule has 1 aliphatic rings. The molecule has 0 radical (unpaired) electrons. The molecule has 2 rings (SSSR count). The smallest absolute Gasteiger partial charge is 0.508 e. The second-order valence-electron chi connectivity index (χ2n) is 5.44. The van der Waals surface area contributed by atoms with Crippen LogP contribution in [-0.2, 0) is 0 Å². The predicted octanol–water partition coefficient (Wildman–Crippen LogP) is 2.01. The van der Waals surface area contributed by atoms with E-state index in [1.54, 1.807) is 0 Å². The number of phenols is 1. The van der Waals surface area contributed by atoms with Gasteiger partial charge < -0.3 is 20.3 Å². The zero-order valence-electron chi connectivity index (χ0n) is 12.6. The highest BCUT2D eigenvalue weighted by molar-refractivity contribution is 5.41. The van der Waals surface area contributed by atoms with Crippen molar-refractivity contribution >= 4 is 0 Å². The molecule has 23 heavy (non-hydrogen) atoms. The van der Waals surface area contributed by atoms with Crippen LogP contribution in [0.2, 0.25) is 0 Å². The molecule has 130 valence electrons. The Labute approximate surface area is 132 Å². The highest BCUT2D eigenvalue weighted by atomic mass is 19.4. The number of aliphatic hydroxyl groups excluding tert-OH is 1. The standard InChI is InChI=1S/C15H21F3N2O3/c16-15(17,18)23-11-3-4-14(22)12(10-11)13(2-1-9-21)20-7-5-19-6-8-20/h3-4,10,13,19,21-22H,1-2,5-9H2/t13-/m1/s1. The van der Waals surface area contributed by atoms with Gasteiger partial charge in [-0.15, -0.1) is 13.2 Å². The topological polar surface area (TPSA) is 65.0 Å². The van der Waals surface area contributed by atoms with Crippen molar-refractivity contribution in [3.05, 3.63) is 23.8 Å². The van der Waals surface area contributed by atoms with Crippen molar-refractivity contribution in [2.24, 2.45) is 0 Å². The van der Waals surface area contributed by atoms with Gasteiger partial charge in [0.05, 0.1) is 0 Å². The van der Waals surface area contributed by atoms with E-state index in [1.807, 2.05) is 0 Å². The van der Waals surface area contributed by atoms with Gasteiger partial charge in [0.2, 0.25) is 0 Å². The number of hydrogen-bond donors (Lipinski definition) is 3. The second kappa shape index (κ2) is 7.85. The molecule has 1 aliphatic heterocycles. The lowest BCUT2D eigenvalue weighted by molar-refractivity contribution is -0.274. The Morgan fingerprint density at radius 3 is 2.57 bits per heavy atom. The van der Waals surface area contributed by atoms with Crippen molar-refractivity contribution in [1.29, 1.82) is 0 Å². The maximum Gasteiger partial charge on any atom is 0.573 e. The fourth-order valence-electron chi connectivity index (χ4n) is 2.81. The molecule has 1 atom stereocenters. The number of alkyl halides is 3. The van der Waals surface area contributed by atoms with Crippen molar-refractivity contribution in [3.63, 3.8) is 0 Å². The van der Waals surface area contributed by atoms with Crippen molar-refractivity contribution < 1.29 is 28.1 Å². The fraction of sp³-hybridized carbons (Fsp3) is 0.600. The average molecular weight is 334 g/mol. The first-order valence-electron chi connectivity index (χ1n) is 7.55. The number of aromatic hydroxyl groups is 1. The number of piperazine rings is 1. The maximum atomic E-state index is 12.4. The van der Waals surface area contributed by atoms with Gasteiger partial charge in [0.15, 0.2) is 0 Å². The Balaban J connectivity index is 2.26. The summed E-state index contributed by atoms with van der Waals surface area (Å²) in [5, 5.41) is 22.4. The van der Waals surface area contributed by atoms with Crippen LogP contribution in [0.4, 0.5) is 13.2 Å². The molecule has 1 saturated heterocycles. The average Bonchev–Trinajstić information content (AvgIpc) is 2.50. The maximum absolute atomic E-state index is 12.4. The van der Waals surface area contributed by atoms with E-state index in [-0.39, 0.29) is 24.1 Å². The predicted molar refractivity (Wildman–Crippen MR) is 78.3 cm³/mol. The summed E-state index contributed by atoms with van der Waals surface area (Å²) in [5.41, 5.74) is 0.391. The highest BCUT2D eigenvalue weighted by Crippen LogP contribution is 2.36. The van der Waals surface area contributed by atoms with Crippen LogP contribution in [-0.4, -0.2) is 54.3 Å². The van der Waals surface area contributed by atoms with Crippen LogP contribution >= 0.6 is 0 Å². The third-order valence-corrected chi connectivity index (χ3v) is 3.82. The molecule has 0 aliphatic carbocycles. The van der Waals surface area contributed by atoms with Gasteiger partial charge in [-0.25, -0.2) is 0 Å². The van der Waals surface area contributed by atoms with Crippen molar-refractivity contribution in [1.82, 2.24) is 10.2 Å². The molecule has 3 N–H and O–H groups in total. The van der Waals surface area contributed by atoms with Crippen LogP contribution in [0, 0.1) is 0 Å². The number of aliphatic hydroxyl groups is 1. The van der Waals surface area contributed by atoms with Crippen LogP contribution in [0.3, 0.4) is 0 Å². The molecule has 0 amide bonds. The van der Waals surface area contributed by atoms with Gasteiger partial charge in [0.25, 0.3) is 0 Å². The molecule has 0 bridgehead atoms. The monoisotopic (exact) mass is 334 g/mol. The van der Waals surface area contributed by atoms with Crippen molar-refractivity contribution in [3.8, 4) is 11.5 Å². The molecule has 1 aromatic carbocycles. The fourth-order valence-corrected chi connectivity index (χ4v) is 2.81. The molecular weight excluding hydrogens is 313 g/mol. The van der Waals surface area contributed by atoms with E-state index in [1.165, 1.54) is 12.1 Å². The van der Waals surface area contributed by atoms with E-state index >= 15 is 0 Å². The number of nitrogens with one attached hydrogen (secondary N) is 1. The molecule has 1 fully saturated rings.